The van der Waals surface area contributed by atoms with E-state index in [1.54, 1.807) is 30.3 Å². The van der Waals surface area contributed by atoms with Crippen LogP contribution in [0.15, 0.2) is 47.4 Å². The van der Waals surface area contributed by atoms with Crippen LogP contribution in [0.5, 0.6) is 0 Å². The van der Waals surface area contributed by atoms with Crippen molar-refractivity contribution in [2.75, 3.05) is 4.90 Å². The molecule has 0 aromatic heterocycles. The number of nitrogens with zero attached hydrogens (tertiary/aromatic N) is 1. The van der Waals surface area contributed by atoms with E-state index in [2.05, 4.69) is 0 Å². The summed E-state index contributed by atoms with van der Waals surface area (Å²) in [4.78, 5) is 25.0. The Morgan fingerprint density at radius 3 is 2.58 bits per heavy atom. The lowest BCUT2D eigenvalue weighted by molar-refractivity contribution is -0.136. The Balaban J connectivity index is 1.90. The summed E-state index contributed by atoms with van der Waals surface area (Å²) in [6.45, 7) is 0. The van der Waals surface area contributed by atoms with Crippen molar-refractivity contribution in [3.8, 4) is 0 Å². The molecule has 26 heavy (non-hydrogen) atoms. The van der Waals surface area contributed by atoms with Crippen LogP contribution in [0.25, 0.3) is 6.08 Å². The molecular weight excluding hydrogens is 397 g/mol. The molecule has 0 bridgehead atoms. The summed E-state index contributed by atoms with van der Waals surface area (Å²) in [5.41, 5.74) is 1.26. The van der Waals surface area contributed by atoms with Gasteiger partial charge in [-0.2, -0.15) is 0 Å². The summed E-state index contributed by atoms with van der Waals surface area (Å²) >= 11 is 12.3. The van der Waals surface area contributed by atoms with E-state index in [0.29, 0.717) is 15.6 Å². The molecule has 0 unspecified atom stereocenters. The van der Waals surface area contributed by atoms with Crippen molar-refractivity contribution in [2.45, 2.75) is 6.42 Å². The van der Waals surface area contributed by atoms with Gasteiger partial charge in [0, 0.05) is 5.56 Å². The fourth-order valence-electron chi connectivity index (χ4n) is 2.41. The molecule has 1 N–H and O–H groups in total. The fourth-order valence-corrected chi connectivity index (χ4v) is 3.91. The minimum atomic E-state index is -0.937. The Hall–Kier alpha value is -2.22. The molecule has 0 saturated carbocycles. The van der Waals surface area contributed by atoms with Gasteiger partial charge in [0.15, 0.2) is 4.32 Å². The number of carboxylic acid groups (broad SMARTS) is 1. The summed E-state index contributed by atoms with van der Waals surface area (Å²) < 4.78 is 14.3. The zero-order valence-electron chi connectivity index (χ0n) is 13.1. The van der Waals surface area contributed by atoms with Crippen LogP contribution in [-0.2, 0) is 16.0 Å². The van der Waals surface area contributed by atoms with Gasteiger partial charge >= 0.3 is 5.97 Å². The average molecular weight is 408 g/mol. The van der Waals surface area contributed by atoms with Crippen molar-refractivity contribution in [1.82, 2.24) is 0 Å². The highest BCUT2D eigenvalue weighted by Crippen LogP contribution is 2.37. The third-order valence-electron chi connectivity index (χ3n) is 3.62. The first kappa shape index (κ1) is 18.6. The normalized spacial score (nSPS) is 15.8. The van der Waals surface area contributed by atoms with Gasteiger partial charge in [-0.25, -0.2) is 4.39 Å². The van der Waals surface area contributed by atoms with Crippen LogP contribution >= 0.6 is 35.6 Å². The van der Waals surface area contributed by atoms with Gasteiger partial charge in [-0.05, 0) is 35.9 Å². The van der Waals surface area contributed by atoms with E-state index in [1.165, 1.54) is 23.1 Å². The standard InChI is InChI=1S/C18H11ClFNO3S2/c19-13-2-1-3-14(20)12(13)9-15-17(24)21(18(25)26-15)11-6-4-10(5-7-11)8-16(22)23/h1-7,9H,8H2,(H,22,23)/b15-9-. The molecule has 0 radical (unpaired) electrons. The van der Waals surface area contributed by atoms with E-state index in [1.807, 2.05) is 0 Å². The van der Waals surface area contributed by atoms with Gasteiger partial charge < -0.3 is 5.11 Å². The molecule has 1 heterocycles. The predicted molar refractivity (Wildman–Crippen MR) is 105 cm³/mol. The van der Waals surface area contributed by atoms with Gasteiger partial charge in [-0.15, -0.1) is 0 Å². The number of carbonyl (C=O) groups excluding carboxylic acids is 1. The number of halogens is 2. The summed E-state index contributed by atoms with van der Waals surface area (Å²) in [6, 6.07) is 10.8. The second kappa shape index (κ2) is 7.57. The van der Waals surface area contributed by atoms with E-state index in [9.17, 15) is 14.0 Å². The Morgan fingerprint density at radius 1 is 1.27 bits per heavy atom. The molecule has 132 valence electrons. The maximum atomic E-state index is 14.0. The highest BCUT2D eigenvalue weighted by atomic mass is 35.5. The van der Waals surface area contributed by atoms with Crippen LogP contribution in [0.2, 0.25) is 5.02 Å². The highest BCUT2D eigenvalue weighted by molar-refractivity contribution is 8.27. The number of rotatable bonds is 4. The number of carboxylic acids is 1. The largest absolute Gasteiger partial charge is 0.481 e. The van der Waals surface area contributed by atoms with Gasteiger partial charge in [0.1, 0.15) is 5.82 Å². The molecule has 1 aliphatic rings. The van der Waals surface area contributed by atoms with Gasteiger partial charge in [0.25, 0.3) is 5.91 Å². The van der Waals surface area contributed by atoms with Crippen molar-refractivity contribution >= 4 is 63.5 Å². The van der Waals surface area contributed by atoms with E-state index in [-0.39, 0.29) is 27.8 Å². The molecule has 0 spiro atoms. The number of carbonyl (C=O) groups is 2. The first-order chi connectivity index (χ1) is 12.4. The quantitative estimate of drug-likeness (QED) is 0.596. The number of hydrogen-bond donors (Lipinski definition) is 1. The van der Waals surface area contributed by atoms with Crippen LogP contribution in [0.4, 0.5) is 10.1 Å². The van der Waals surface area contributed by atoms with Gasteiger partial charge in [-0.1, -0.05) is 53.8 Å². The Morgan fingerprint density at radius 2 is 1.96 bits per heavy atom. The smallest absolute Gasteiger partial charge is 0.307 e. The fraction of sp³-hybridized carbons (Fsp3) is 0.0556. The number of amides is 1. The van der Waals surface area contributed by atoms with Crippen molar-refractivity contribution in [1.29, 1.82) is 0 Å². The van der Waals surface area contributed by atoms with E-state index < -0.39 is 11.8 Å². The average Bonchev–Trinajstić information content (AvgIpc) is 2.85. The molecule has 2 aromatic carbocycles. The SMILES string of the molecule is O=C(O)Cc1ccc(N2C(=O)/C(=C/c3c(F)cccc3Cl)SC2=S)cc1. The Bertz CT molecular complexity index is 924. The van der Waals surface area contributed by atoms with E-state index in [0.717, 1.165) is 11.8 Å². The minimum Gasteiger partial charge on any atom is -0.481 e. The maximum Gasteiger partial charge on any atom is 0.307 e. The van der Waals surface area contributed by atoms with E-state index in [4.69, 9.17) is 28.9 Å². The third-order valence-corrected chi connectivity index (χ3v) is 5.25. The van der Waals surface area contributed by atoms with E-state index >= 15 is 0 Å². The number of aliphatic carboxylic acids is 1. The first-order valence-corrected chi connectivity index (χ1v) is 9.00. The summed E-state index contributed by atoms with van der Waals surface area (Å²) in [5.74, 6) is -1.85. The number of anilines is 1. The second-order valence-electron chi connectivity index (χ2n) is 5.39. The minimum absolute atomic E-state index is 0.107. The second-order valence-corrected chi connectivity index (χ2v) is 7.47. The molecule has 0 atom stereocenters. The predicted octanol–water partition coefficient (Wildman–Crippen LogP) is 4.51. The first-order valence-electron chi connectivity index (χ1n) is 7.39. The monoisotopic (exact) mass is 407 g/mol. The lowest BCUT2D eigenvalue weighted by Crippen LogP contribution is -2.27. The Labute approximate surface area is 163 Å². The van der Waals surface area contributed by atoms with Crippen LogP contribution in [0.1, 0.15) is 11.1 Å². The lowest BCUT2D eigenvalue weighted by Gasteiger charge is -2.14. The molecule has 0 aliphatic carbocycles. The summed E-state index contributed by atoms with van der Waals surface area (Å²) in [7, 11) is 0. The molecule has 3 rings (SSSR count). The molecule has 1 amide bonds. The number of benzene rings is 2. The maximum absolute atomic E-state index is 14.0. The third kappa shape index (κ3) is 3.80. The van der Waals surface area contributed by atoms with Crippen molar-refractivity contribution in [3.05, 3.63) is 69.3 Å². The molecule has 1 saturated heterocycles. The van der Waals surface area contributed by atoms with Crippen molar-refractivity contribution in [3.63, 3.8) is 0 Å². The van der Waals surface area contributed by atoms with Gasteiger partial charge in [0.2, 0.25) is 0 Å². The highest BCUT2D eigenvalue weighted by Gasteiger charge is 2.33. The lowest BCUT2D eigenvalue weighted by atomic mass is 10.1. The number of hydrogen-bond acceptors (Lipinski definition) is 4. The van der Waals surface area contributed by atoms with Gasteiger partial charge in [0.05, 0.1) is 22.0 Å². The van der Waals surface area contributed by atoms with Crippen molar-refractivity contribution in [2.24, 2.45) is 0 Å². The summed E-state index contributed by atoms with van der Waals surface area (Å²) in [5, 5.41) is 9.02. The van der Waals surface area contributed by atoms with Gasteiger partial charge in [-0.3, -0.25) is 14.5 Å². The van der Waals surface area contributed by atoms with Crippen LogP contribution in [0.3, 0.4) is 0 Å². The molecule has 1 fully saturated rings. The number of thiocarbonyl (C=S) groups is 1. The molecule has 4 nitrogen and oxygen atoms in total. The van der Waals surface area contributed by atoms with Crippen molar-refractivity contribution < 1.29 is 19.1 Å². The zero-order valence-corrected chi connectivity index (χ0v) is 15.5. The molecular formula is C18H11ClFNO3S2. The van der Waals surface area contributed by atoms with Crippen LogP contribution in [-0.4, -0.2) is 21.3 Å². The zero-order chi connectivity index (χ0) is 18.8. The van der Waals surface area contributed by atoms with Crippen LogP contribution in [0, 0.1) is 5.82 Å². The Kier molecular flexibility index (Phi) is 5.41. The molecule has 2 aromatic rings. The topological polar surface area (TPSA) is 57.6 Å². The summed E-state index contributed by atoms with van der Waals surface area (Å²) in [6.07, 6.45) is 1.28. The molecule has 1 aliphatic heterocycles. The van der Waals surface area contributed by atoms with Crippen LogP contribution < -0.4 is 4.90 Å². The molecule has 8 heteroatoms. The number of thioether (sulfide) groups is 1.